The maximum Gasteiger partial charge on any atom is 0.251 e. The van der Waals surface area contributed by atoms with Crippen LogP contribution in [-0.4, -0.2) is 25.2 Å². The van der Waals surface area contributed by atoms with Gasteiger partial charge >= 0.3 is 0 Å². The first-order valence-electron chi connectivity index (χ1n) is 9.27. The molecule has 2 aromatic carbocycles. The van der Waals surface area contributed by atoms with Crippen LogP contribution in [0.3, 0.4) is 0 Å². The molecule has 0 spiro atoms. The monoisotopic (exact) mass is 348 g/mol. The van der Waals surface area contributed by atoms with Crippen molar-refractivity contribution in [1.29, 1.82) is 5.26 Å². The summed E-state index contributed by atoms with van der Waals surface area (Å²) < 4.78 is 5.61. The number of ether oxygens (including phenoxy) is 1. The molecule has 134 valence electrons. The molecule has 26 heavy (non-hydrogen) atoms. The Bertz CT molecular complexity index is 789. The second-order valence-corrected chi connectivity index (χ2v) is 6.62. The molecule has 1 aliphatic heterocycles. The summed E-state index contributed by atoms with van der Waals surface area (Å²) >= 11 is 0. The van der Waals surface area contributed by atoms with Gasteiger partial charge in [-0.25, -0.2) is 0 Å². The van der Waals surface area contributed by atoms with Crippen LogP contribution in [-0.2, 0) is 4.74 Å². The number of nitrogens with one attached hydrogen (secondary N) is 1. The number of hydrogen-bond donors (Lipinski definition) is 1. The van der Waals surface area contributed by atoms with E-state index < -0.39 is 0 Å². The third kappa shape index (κ3) is 4.71. The van der Waals surface area contributed by atoms with Crippen LogP contribution in [0.2, 0.25) is 0 Å². The molecule has 1 fully saturated rings. The van der Waals surface area contributed by atoms with Crippen LogP contribution in [0.5, 0.6) is 0 Å². The highest BCUT2D eigenvalue weighted by Gasteiger charge is 2.14. The molecule has 1 heterocycles. The van der Waals surface area contributed by atoms with Gasteiger partial charge in [0.05, 0.1) is 17.7 Å². The zero-order chi connectivity index (χ0) is 18.2. The third-order valence-electron chi connectivity index (χ3n) is 4.75. The molecule has 1 aliphatic rings. The van der Waals surface area contributed by atoms with Crippen molar-refractivity contribution < 1.29 is 9.53 Å². The molecule has 1 N–H and O–H groups in total. The summed E-state index contributed by atoms with van der Waals surface area (Å²) in [5.41, 5.74) is 2.96. The summed E-state index contributed by atoms with van der Waals surface area (Å²) in [5.74, 6) is -0.0709. The van der Waals surface area contributed by atoms with Gasteiger partial charge in [-0.3, -0.25) is 4.79 Å². The number of rotatable bonds is 7. The van der Waals surface area contributed by atoms with Crippen LogP contribution >= 0.6 is 0 Å². The largest absolute Gasteiger partial charge is 0.378 e. The number of amides is 1. The van der Waals surface area contributed by atoms with E-state index in [9.17, 15) is 10.1 Å². The van der Waals surface area contributed by atoms with Crippen molar-refractivity contribution >= 4 is 5.91 Å². The number of benzene rings is 2. The summed E-state index contributed by atoms with van der Waals surface area (Å²) in [6.45, 7) is 1.57. The van der Waals surface area contributed by atoms with Crippen molar-refractivity contribution in [3.8, 4) is 17.2 Å². The lowest BCUT2D eigenvalue weighted by atomic mass is 9.98. The Balaban J connectivity index is 1.54. The van der Waals surface area contributed by atoms with Crippen molar-refractivity contribution in [1.82, 2.24) is 5.32 Å². The Morgan fingerprint density at radius 2 is 2.08 bits per heavy atom. The van der Waals surface area contributed by atoms with Crippen molar-refractivity contribution in [3.05, 3.63) is 59.7 Å². The average molecular weight is 348 g/mol. The average Bonchev–Trinajstić information content (AvgIpc) is 3.21. The van der Waals surface area contributed by atoms with Gasteiger partial charge in [-0.15, -0.1) is 0 Å². The highest BCUT2D eigenvalue weighted by atomic mass is 16.5. The van der Waals surface area contributed by atoms with Crippen molar-refractivity contribution in [2.45, 2.75) is 38.2 Å². The van der Waals surface area contributed by atoms with Crippen LogP contribution < -0.4 is 5.32 Å². The molecule has 0 saturated carbocycles. The van der Waals surface area contributed by atoms with E-state index in [0.717, 1.165) is 37.0 Å². The van der Waals surface area contributed by atoms with E-state index in [2.05, 4.69) is 11.4 Å². The maximum atomic E-state index is 12.4. The van der Waals surface area contributed by atoms with E-state index in [1.165, 1.54) is 12.8 Å². The van der Waals surface area contributed by atoms with Crippen molar-refractivity contribution in [2.75, 3.05) is 13.2 Å². The van der Waals surface area contributed by atoms with Crippen LogP contribution in [0, 0.1) is 11.3 Å². The molecule has 0 unspecified atom stereocenters. The summed E-state index contributed by atoms with van der Waals surface area (Å²) in [6, 6.07) is 17.1. The smallest absolute Gasteiger partial charge is 0.251 e. The van der Waals surface area contributed by atoms with Gasteiger partial charge in [-0.1, -0.05) is 30.3 Å². The zero-order valence-corrected chi connectivity index (χ0v) is 14.9. The molecular weight excluding hydrogens is 324 g/mol. The summed E-state index contributed by atoms with van der Waals surface area (Å²) in [4.78, 5) is 12.4. The fourth-order valence-electron chi connectivity index (χ4n) is 3.33. The quantitative estimate of drug-likeness (QED) is 0.759. The number of carbonyl (C=O) groups is 1. The Kier molecular flexibility index (Phi) is 6.40. The minimum Gasteiger partial charge on any atom is -0.378 e. The molecule has 3 rings (SSSR count). The molecule has 4 nitrogen and oxygen atoms in total. The number of carbonyl (C=O) groups excluding carboxylic acids is 1. The van der Waals surface area contributed by atoms with Gasteiger partial charge in [0.2, 0.25) is 0 Å². The van der Waals surface area contributed by atoms with E-state index in [4.69, 9.17) is 4.74 Å². The molecule has 1 amide bonds. The first-order chi connectivity index (χ1) is 12.8. The highest BCUT2D eigenvalue weighted by Crippen LogP contribution is 2.24. The predicted molar refractivity (Wildman–Crippen MR) is 102 cm³/mol. The fourth-order valence-corrected chi connectivity index (χ4v) is 3.33. The van der Waals surface area contributed by atoms with Crippen molar-refractivity contribution in [2.24, 2.45) is 0 Å². The topological polar surface area (TPSA) is 62.1 Å². The summed E-state index contributed by atoms with van der Waals surface area (Å²) in [7, 11) is 0. The van der Waals surface area contributed by atoms with Crippen LogP contribution in [0.4, 0.5) is 0 Å². The van der Waals surface area contributed by atoms with Crippen molar-refractivity contribution in [3.63, 3.8) is 0 Å². The lowest BCUT2D eigenvalue weighted by Crippen LogP contribution is -2.24. The van der Waals surface area contributed by atoms with E-state index in [-0.39, 0.29) is 5.91 Å². The number of hydrogen-bond acceptors (Lipinski definition) is 3. The van der Waals surface area contributed by atoms with E-state index in [0.29, 0.717) is 23.8 Å². The van der Waals surface area contributed by atoms with E-state index in [1.54, 1.807) is 12.1 Å². The Labute approximate surface area is 154 Å². The van der Waals surface area contributed by atoms with Gasteiger partial charge in [0.1, 0.15) is 0 Å². The van der Waals surface area contributed by atoms with Gasteiger partial charge in [0, 0.05) is 18.7 Å². The van der Waals surface area contributed by atoms with E-state index in [1.807, 2.05) is 36.4 Å². The van der Waals surface area contributed by atoms with Crippen LogP contribution in [0.1, 0.15) is 48.0 Å². The molecule has 1 saturated heterocycles. The van der Waals surface area contributed by atoms with E-state index >= 15 is 0 Å². The first-order valence-corrected chi connectivity index (χ1v) is 9.27. The normalized spacial score (nSPS) is 16.2. The molecule has 2 aromatic rings. The zero-order valence-electron chi connectivity index (χ0n) is 14.9. The molecule has 0 aromatic heterocycles. The molecule has 0 radical (unpaired) electrons. The third-order valence-corrected chi connectivity index (χ3v) is 4.75. The Hall–Kier alpha value is -2.64. The number of nitrogens with zero attached hydrogens (tertiary/aromatic N) is 1. The van der Waals surface area contributed by atoms with Gasteiger partial charge in [-0.2, -0.15) is 5.26 Å². The predicted octanol–water partition coefficient (Wildman–Crippen LogP) is 4.30. The lowest BCUT2D eigenvalue weighted by Gasteiger charge is -2.10. The number of nitriles is 1. The maximum absolute atomic E-state index is 12.4. The lowest BCUT2D eigenvalue weighted by molar-refractivity contribution is 0.0947. The minimum atomic E-state index is -0.0709. The van der Waals surface area contributed by atoms with Gasteiger partial charge in [0.25, 0.3) is 5.91 Å². The molecule has 4 heteroatoms. The van der Waals surface area contributed by atoms with Crippen LogP contribution in [0.15, 0.2) is 48.5 Å². The molecule has 0 bridgehead atoms. The summed E-state index contributed by atoms with van der Waals surface area (Å²) in [5, 5.41) is 12.3. The van der Waals surface area contributed by atoms with Gasteiger partial charge in [0.15, 0.2) is 0 Å². The van der Waals surface area contributed by atoms with Gasteiger partial charge < -0.3 is 10.1 Å². The highest BCUT2D eigenvalue weighted by molar-refractivity contribution is 5.95. The molecule has 0 aliphatic carbocycles. The second-order valence-electron chi connectivity index (χ2n) is 6.62. The Morgan fingerprint density at radius 3 is 2.88 bits per heavy atom. The minimum absolute atomic E-state index is 0.0709. The first kappa shape index (κ1) is 18.2. The second kappa shape index (κ2) is 9.17. The SMILES string of the molecule is N#Cc1ccccc1-c1cccc(C(=O)NCCCC[C@H]2CCCO2)c1. The summed E-state index contributed by atoms with van der Waals surface area (Å²) in [6.07, 6.45) is 5.87. The Morgan fingerprint density at radius 1 is 1.19 bits per heavy atom. The molecule has 1 atom stereocenters. The fraction of sp³-hybridized carbons (Fsp3) is 0.364. The molecular formula is C22H24N2O2. The number of unbranched alkanes of at least 4 members (excludes halogenated alkanes) is 1. The standard InChI is InChI=1S/C22H24N2O2/c23-16-19-7-1-2-12-21(19)17-8-5-9-18(15-17)22(25)24-13-4-3-10-20-11-6-14-26-20/h1-2,5,7-9,12,15,20H,3-4,6,10-11,13-14H2,(H,24,25)/t20-/m0/s1. The van der Waals surface area contributed by atoms with Crippen LogP contribution in [0.25, 0.3) is 11.1 Å². The van der Waals surface area contributed by atoms with Gasteiger partial charge in [-0.05, 0) is 61.4 Å².